The predicted molar refractivity (Wildman–Crippen MR) is 141 cm³/mol. The number of halogens is 3. The molecule has 4 nitrogen and oxygen atoms in total. The topological polar surface area (TPSA) is 49.4 Å². The Bertz CT molecular complexity index is 1430. The van der Waals surface area contributed by atoms with Crippen molar-refractivity contribution in [2.45, 2.75) is 6.42 Å². The highest BCUT2D eigenvalue weighted by Crippen LogP contribution is 2.41. The van der Waals surface area contributed by atoms with E-state index in [4.69, 9.17) is 34.8 Å². The number of fused-ring (bicyclic) bond motifs is 3. The van der Waals surface area contributed by atoms with E-state index in [2.05, 4.69) is 17.4 Å². The van der Waals surface area contributed by atoms with Gasteiger partial charge < -0.3 is 10.2 Å². The Morgan fingerprint density at radius 1 is 0.882 bits per heavy atom. The molecule has 1 aliphatic rings. The van der Waals surface area contributed by atoms with Gasteiger partial charge in [-0.25, -0.2) is 0 Å². The largest absolute Gasteiger partial charge is 0.322 e. The molecular weight excluding hydrogens is 511 g/mol. The van der Waals surface area contributed by atoms with Crippen molar-refractivity contribution in [3.8, 4) is 10.4 Å². The first-order valence-corrected chi connectivity index (χ1v) is 12.5. The van der Waals surface area contributed by atoms with E-state index in [1.807, 2.05) is 23.6 Å². The summed E-state index contributed by atoms with van der Waals surface area (Å²) in [4.78, 5) is 29.0. The van der Waals surface area contributed by atoms with Gasteiger partial charge in [0.05, 0.1) is 31.7 Å². The van der Waals surface area contributed by atoms with Crippen LogP contribution in [-0.4, -0.2) is 18.4 Å². The molecule has 1 aromatic heterocycles. The van der Waals surface area contributed by atoms with Crippen LogP contribution in [0.4, 0.5) is 11.4 Å². The van der Waals surface area contributed by atoms with Gasteiger partial charge >= 0.3 is 0 Å². The third-order valence-corrected chi connectivity index (χ3v) is 7.49. The van der Waals surface area contributed by atoms with Gasteiger partial charge in [0.15, 0.2) is 0 Å². The zero-order chi connectivity index (χ0) is 23.8. The van der Waals surface area contributed by atoms with Gasteiger partial charge in [0.25, 0.3) is 11.8 Å². The lowest BCUT2D eigenvalue weighted by atomic mass is 10.0. The van der Waals surface area contributed by atoms with E-state index in [1.54, 1.807) is 46.6 Å². The maximum atomic E-state index is 13.5. The Hall–Kier alpha value is -2.83. The van der Waals surface area contributed by atoms with Crippen LogP contribution in [-0.2, 0) is 6.42 Å². The molecule has 0 aliphatic carbocycles. The summed E-state index contributed by atoms with van der Waals surface area (Å²) in [6, 6.07) is 19.7. The monoisotopic (exact) mass is 526 g/mol. The minimum Gasteiger partial charge on any atom is -0.322 e. The molecule has 2 amide bonds. The van der Waals surface area contributed by atoms with Gasteiger partial charge in [-0.1, -0.05) is 59.1 Å². The first-order chi connectivity index (χ1) is 16.4. The number of carbonyl (C=O) groups excluding carboxylic acids is 2. The molecule has 3 aromatic carbocycles. The quantitative estimate of drug-likeness (QED) is 0.295. The first-order valence-electron chi connectivity index (χ1n) is 10.5. The second kappa shape index (κ2) is 9.43. The molecule has 0 saturated heterocycles. The van der Waals surface area contributed by atoms with Gasteiger partial charge in [0.1, 0.15) is 0 Å². The third kappa shape index (κ3) is 4.32. The molecule has 1 aliphatic heterocycles. The Labute approximate surface area is 215 Å². The van der Waals surface area contributed by atoms with Crippen molar-refractivity contribution >= 4 is 69.3 Å². The molecule has 0 bridgehead atoms. The average molecular weight is 528 g/mol. The fourth-order valence-electron chi connectivity index (χ4n) is 4.02. The molecule has 0 fully saturated rings. The van der Waals surface area contributed by atoms with Crippen LogP contribution in [0.5, 0.6) is 0 Å². The summed E-state index contributed by atoms with van der Waals surface area (Å²) in [5, 5.41) is 5.69. The Morgan fingerprint density at radius 2 is 1.71 bits per heavy atom. The average Bonchev–Trinajstić information content (AvgIpc) is 3.24. The summed E-state index contributed by atoms with van der Waals surface area (Å²) in [7, 11) is 0. The lowest BCUT2D eigenvalue weighted by molar-refractivity contribution is 0.0986. The number of benzene rings is 3. The number of nitrogens with one attached hydrogen (secondary N) is 1. The van der Waals surface area contributed by atoms with Crippen molar-refractivity contribution in [2.24, 2.45) is 0 Å². The SMILES string of the molecule is O=C(Nc1ccc(C(=O)N2CCc3ccccc3-c3sccc32)c(Cl)c1)c1cc(Cl)ccc1Cl. The molecule has 8 heteroatoms. The van der Waals surface area contributed by atoms with E-state index >= 15 is 0 Å². The number of thiophene rings is 1. The number of hydrogen-bond donors (Lipinski definition) is 1. The Kier molecular flexibility index (Phi) is 6.36. The lowest BCUT2D eigenvalue weighted by Gasteiger charge is -2.22. The molecule has 0 unspecified atom stereocenters. The van der Waals surface area contributed by atoms with Crippen LogP contribution in [0.2, 0.25) is 15.1 Å². The van der Waals surface area contributed by atoms with Crippen molar-refractivity contribution in [1.29, 1.82) is 0 Å². The molecule has 1 N–H and O–H groups in total. The standard InChI is InChI=1S/C26H17Cl3N2O2S/c27-16-5-8-21(28)20(13-16)25(32)30-17-6-7-19(22(29)14-17)26(33)31-11-9-15-3-1-2-4-18(15)24-23(31)10-12-34-24/h1-8,10,12-14H,9,11H2,(H,30,32). The number of nitrogens with zero attached hydrogens (tertiary/aromatic N) is 1. The van der Waals surface area contributed by atoms with Crippen LogP contribution in [0, 0.1) is 0 Å². The predicted octanol–water partition coefficient (Wildman–Crippen LogP) is 7.83. The third-order valence-electron chi connectivity index (χ3n) is 5.68. The first kappa shape index (κ1) is 22.9. The second-order valence-corrected chi connectivity index (χ2v) is 9.94. The van der Waals surface area contributed by atoms with E-state index in [1.165, 1.54) is 11.6 Å². The van der Waals surface area contributed by atoms with Crippen LogP contribution in [0.15, 0.2) is 72.1 Å². The number of rotatable bonds is 3. The summed E-state index contributed by atoms with van der Waals surface area (Å²) in [5.41, 5.74) is 4.31. The van der Waals surface area contributed by atoms with E-state index in [0.717, 1.165) is 22.5 Å². The van der Waals surface area contributed by atoms with Gasteiger partial charge in [0, 0.05) is 17.3 Å². The number of carbonyl (C=O) groups is 2. The molecule has 170 valence electrons. The van der Waals surface area contributed by atoms with Crippen LogP contribution in [0.1, 0.15) is 26.3 Å². The zero-order valence-electron chi connectivity index (χ0n) is 17.6. The molecule has 0 spiro atoms. The number of hydrogen-bond acceptors (Lipinski definition) is 3. The summed E-state index contributed by atoms with van der Waals surface area (Å²) < 4.78 is 0. The van der Waals surface area contributed by atoms with Crippen molar-refractivity contribution in [2.75, 3.05) is 16.8 Å². The summed E-state index contributed by atoms with van der Waals surface area (Å²) >= 11 is 20.2. The normalized spacial score (nSPS) is 12.5. The summed E-state index contributed by atoms with van der Waals surface area (Å²) in [6.07, 6.45) is 0.746. The van der Waals surface area contributed by atoms with Crippen molar-refractivity contribution < 1.29 is 9.59 Å². The molecule has 0 saturated carbocycles. The van der Waals surface area contributed by atoms with Crippen molar-refractivity contribution in [3.05, 3.63) is 104 Å². The fraction of sp³-hybridized carbons (Fsp3) is 0.0769. The van der Waals surface area contributed by atoms with Gasteiger partial charge in [-0.15, -0.1) is 11.3 Å². The van der Waals surface area contributed by atoms with Crippen LogP contribution >= 0.6 is 46.1 Å². The van der Waals surface area contributed by atoms with E-state index < -0.39 is 5.91 Å². The zero-order valence-corrected chi connectivity index (χ0v) is 20.7. The van der Waals surface area contributed by atoms with Gasteiger partial charge in [0.2, 0.25) is 0 Å². The van der Waals surface area contributed by atoms with E-state index in [0.29, 0.717) is 22.8 Å². The van der Waals surface area contributed by atoms with Crippen LogP contribution in [0.25, 0.3) is 10.4 Å². The Balaban J connectivity index is 1.41. The maximum absolute atomic E-state index is 13.5. The molecule has 5 rings (SSSR count). The molecule has 4 aromatic rings. The highest BCUT2D eigenvalue weighted by molar-refractivity contribution is 7.14. The maximum Gasteiger partial charge on any atom is 0.259 e. The minimum absolute atomic E-state index is 0.187. The molecule has 34 heavy (non-hydrogen) atoms. The molecule has 0 radical (unpaired) electrons. The highest BCUT2D eigenvalue weighted by atomic mass is 35.5. The highest BCUT2D eigenvalue weighted by Gasteiger charge is 2.27. The van der Waals surface area contributed by atoms with E-state index in [9.17, 15) is 9.59 Å². The van der Waals surface area contributed by atoms with E-state index in [-0.39, 0.29) is 21.5 Å². The van der Waals surface area contributed by atoms with Gasteiger partial charge in [-0.05, 0) is 65.4 Å². The lowest BCUT2D eigenvalue weighted by Crippen LogP contribution is -2.32. The van der Waals surface area contributed by atoms with Gasteiger partial charge in [-0.2, -0.15) is 0 Å². The number of amides is 2. The van der Waals surface area contributed by atoms with Crippen molar-refractivity contribution in [1.82, 2.24) is 0 Å². The van der Waals surface area contributed by atoms with Gasteiger partial charge in [-0.3, -0.25) is 9.59 Å². The molecular formula is C26H17Cl3N2O2S. The summed E-state index contributed by atoms with van der Waals surface area (Å²) in [6.45, 7) is 0.543. The Morgan fingerprint density at radius 3 is 2.53 bits per heavy atom. The van der Waals surface area contributed by atoms with Crippen LogP contribution in [0.3, 0.4) is 0 Å². The molecule has 0 atom stereocenters. The number of anilines is 2. The van der Waals surface area contributed by atoms with Crippen LogP contribution < -0.4 is 10.2 Å². The fourth-order valence-corrected chi connectivity index (χ4v) is 5.62. The van der Waals surface area contributed by atoms with Crippen molar-refractivity contribution in [3.63, 3.8) is 0 Å². The molecule has 2 heterocycles. The smallest absolute Gasteiger partial charge is 0.259 e. The minimum atomic E-state index is -0.421. The second-order valence-electron chi connectivity index (χ2n) is 7.77. The summed E-state index contributed by atoms with van der Waals surface area (Å²) in [5.74, 6) is -0.607.